The number of anilines is 6. The van der Waals surface area contributed by atoms with Crippen molar-refractivity contribution in [1.82, 2.24) is 0 Å². The first-order valence-corrected chi connectivity index (χ1v) is 24.7. The van der Waals surface area contributed by atoms with E-state index in [0.717, 1.165) is 45.3 Å². The molecule has 0 aliphatic heterocycles. The average Bonchev–Trinajstić information content (AvgIpc) is 3.98. The normalized spacial score (nSPS) is 11.5. The van der Waals surface area contributed by atoms with Crippen LogP contribution in [0.2, 0.25) is 0 Å². The Labute approximate surface area is 403 Å². The molecule has 0 amide bonds. The Balaban J connectivity index is 0.992. The van der Waals surface area contributed by atoms with Crippen LogP contribution >= 0.6 is 22.7 Å². The summed E-state index contributed by atoms with van der Waals surface area (Å²) in [5.41, 5.74) is 13.7. The molecule has 2 aromatic heterocycles. The molecule has 0 aliphatic rings. The summed E-state index contributed by atoms with van der Waals surface area (Å²) in [7, 11) is 0. The Morgan fingerprint density at radius 1 is 0.221 bits per heavy atom. The van der Waals surface area contributed by atoms with Crippen molar-refractivity contribution in [3.63, 3.8) is 0 Å². The van der Waals surface area contributed by atoms with Crippen LogP contribution in [0.3, 0.4) is 0 Å². The van der Waals surface area contributed by atoms with Crippen LogP contribution in [0.15, 0.2) is 255 Å². The minimum Gasteiger partial charge on any atom is -0.310 e. The minimum absolute atomic E-state index is 1.08. The van der Waals surface area contributed by atoms with E-state index in [0.29, 0.717) is 0 Å². The topological polar surface area (TPSA) is 6.48 Å². The van der Waals surface area contributed by atoms with Crippen molar-refractivity contribution in [2.24, 2.45) is 0 Å². The summed E-state index contributed by atoms with van der Waals surface area (Å²) in [4.78, 5) is 4.89. The summed E-state index contributed by atoms with van der Waals surface area (Å²) in [6, 6.07) is 93.3. The summed E-state index contributed by atoms with van der Waals surface area (Å²) in [6.45, 7) is 0. The monoisotopic (exact) mass is 902 g/mol. The van der Waals surface area contributed by atoms with Gasteiger partial charge in [-0.1, -0.05) is 182 Å². The maximum Gasteiger partial charge on any atom is 0.0540 e. The fourth-order valence-corrected chi connectivity index (χ4v) is 12.3. The minimum atomic E-state index is 1.08. The molecule has 4 heteroatoms. The Hall–Kier alpha value is -8.28. The summed E-state index contributed by atoms with van der Waals surface area (Å²) in [5.74, 6) is 0. The van der Waals surface area contributed by atoms with E-state index in [2.05, 4.69) is 265 Å². The van der Waals surface area contributed by atoms with Crippen LogP contribution in [0.4, 0.5) is 34.1 Å². The summed E-state index contributed by atoms with van der Waals surface area (Å²) in [6.07, 6.45) is 0. The fourth-order valence-electron chi connectivity index (χ4n) is 10.1. The van der Waals surface area contributed by atoms with Gasteiger partial charge in [0.2, 0.25) is 0 Å². The zero-order valence-electron chi connectivity index (χ0n) is 37.0. The molecular weight excluding hydrogens is 861 g/mol. The van der Waals surface area contributed by atoms with Gasteiger partial charge in [-0.2, -0.15) is 0 Å². The third-order valence-electron chi connectivity index (χ3n) is 13.3. The summed E-state index contributed by atoms with van der Waals surface area (Å²) in [5, 5.41) is 7.58. The number of hydrogen-bond acceptors (Lipinski definition) is 4. The number of nitrogens with zero attached hydrogens (tertiary/aromatic N) is 2. The predicted octanol–water partition coefficient (Wildman–Crippen LogP) is 19.5. The van der Waals surface area contributed by atoms with Gasteiger partial charge >= 0.3 is 0 Å². The molecule has 0 bridgehead atoms. The first-order valence-electron chi connectivity index (χ1n) is 23.1. The lowest BCUT2D eigenvalue weighted by atomic mass is 9.96. The van der Waals surface area contributed by atoms with E-state index in [1.807, 2.05) is 22.7 Å². The number of para-hydroxylation sites is 1. The Morgan fingerprint density at radius 3 is 1.35 bits per heavy atom. The maximum atomic E-state index is 2.46. The van der Waals surface area contributed by atoms with Gasteiger partial charge in [0.1, 0.15) is 0 Å². The quantitative estimate of drug-likeness (QED) is 0.142. The zero-order chi connectivity index (χ0) is 45.0. The molecule has 68 heavy (non-hydrogen) atoms. The summed E-state index contributed by atoms with van der Waals surface area (Å²) < 4.78 is 5.14. The SMILES string of the molecule is c1ccc(-c2ccc(N(c3ccc4c(c3)sc3ccccc34)c3ccccc3-c3cccc(N(c4ccc5c(c4)sc4ccccc45)c4ccc(-c5ccccc5)c5ccccc45)c3)cc2)cc1. The predicted molar refractivity (Wildman–Crippen MR) is 295 cm³/mol. The Bertz CT molecular complexity index is 3980. The number of hydrogen-bond donors (Lipinski definition) is 0. The van der Waals surface area contributed by atoms with E-state index in [4.69, 9.17) is 0 Å². The van der Waals surface area contributed by atoms with Crippen LogP contribution in [0.25, 0.3) is 84.5 Å². The molecule has 2 nitrogen and oxygen atoms in total. The third kappa shape index (κ3) is 7.01. The molecule has 13 rings (SSSR count). The number of thiophene rings is 2. The second-order valence-electron chi connectivity index (χ2n) is 17.3. The molecule has 2 heterocycles. The zero-order valence-corrected chi connectivity index (χ0v) is 38.6. The molecule has 13 aromatic rings. The van der Waals surface area contributed by atoms with Crippen molar-refractivity contribution in [3.05, 3.63) is 255 Å². The van der Waals surface area contributed by atoms with E-state index in [1.165, 1.54) is 73.4 Å². The molecule has 0 saturated carbocycles. The van der Waals surface area contributed by atoms with Crippen LogP contribution in [0.5, 0.6) is 0 Å². The lowest BCUT2D eigenvalue weighted by molar-refractivity contribution is 1.28. The van der Waals surface area contributed by atoms with Gasteiger partial charge < -0.3 is 9.80 Å². The van der Waals surface area contributed by atoms with Gasteiger partial charge in [-0.05, 0) is 106 Å². The molecule has 0 aliphatic carbocycles. The molecule has 0 spiro atoms. The maximum absolute atomic E-state index is 2.46. The molecule has 0 saturated heterocycles. The first kappa shape index (κ1) is 40.0. The molecule has 11 aromatic carbocycles. The third-order valence-corrected chi connectivity index (χ3v) is 15.5. The lowest BCUT2D eigenvalue weighted by Gasteiger charge is -2.30. The highest BCUT2D eigenvalue weighted by Crippen LogP contribution is 2.48. The number of fused-ring (bicyclic) bond motifs is 7. The van der Waals surface area contributed by atoms with Gasteiger partial charge in [-0.3, -0.25) is 0 Å². The summed E-state index contributed by atoms with van der Waals surface area (Å²) >= 11 is 3.71. The Morgan fingerprint density at radius 2 is 0.691 bits per heavy atom. The average molecular weight is 903 g/mol. The Kier molecular flexibility index (Phi) is 9.93. The fraction of sp³-hybridized carbons (Fsp3) is 0. The van der Waals surface area contributed by atoms with Crippen molar-refractivity contribution in [2.75, 3.05) is 9.80 Å². The van der Waals surface area contributed by atoms with Crippen LogP contribution in [-0.2, 0) is 0 Å². The molecular formula is C64H42N2S2. The van der Waals surface area contributed by atoms with E-state index >= 15 is 0 Å². The van der Waals surface area contributed by atoms with E-state index in [9.17, 15) is 0 Å². The standard InChI is InChI=1S/C64H42N2S2/c1-3-16-43(17-4-1)44-30-32-47(33-31-44)65(49-34-36-57-55-25-10-13-28-61(55)67-63(57)41-49)59-27-12-9-22-52(59)46-20-15-21-48(40-46)66(50-35-37-58-56-26-11-14-29-62(56)68-64(58)42-50)60-39-38-51(45-18-5-2-6-19-45)53-23-7-8-24-54(53)60/h1-42H. The van der Waals surface area contributed by atoms with Gasteiger partial charge in [0, 0.05) is 74.0 Å². The highest BCUT2D eigenvalue weighted by Gasteiger charge is 2.22. The smallest absolute Gasteiger partial charge is 0.0540 e. The number of rotatable bonds is 9. The van der Waals surface area contributed by atoms with Gasteiger partial charge in [0.15, 0.2) is 0 Å². The van der Waals surface area contributed by atoms with Gasteiger partial charge in [0.05, 0.1) is 11.4 Å². The molecule has 0 radical (unpaired) electrons. The van der Waals surface area contributed by atoms with Gasteiger partial charge in [0.25, 0.3) is 0 Å². The van der Waals surface area contributed by atoms with E-state index in [-0.39, 0.29) is 0 Å². The largest absolute Gasteiger partial charge is 0.310 e. The lowest BCUT2D eigenvalue weighted by Crippen LogP contribution is -2.12. The molecule has 0 N–H and O–H groups in total. The van der Waals surface area contributed by atoms with Crippen LogP contribution in [0.1, 0.15) is 0 Å². The van der Waals surface area contributed by atoms with E-state index in [1.54, 1.807) is 0 Å². The van der Waals surface area contributed by atoms with Gasteiger partial charge in [-0.25, -0.2) is 0 Å². The molecule has 320 valence electrons. The van der Waals surface area contributed by atoms with Crippen molar-refractivity contribution < 1.29 is 0 Å². The number of benzene rings is 11. The molecule has 0 unspecified atom stereocenters. The van der Waals surface area contributed by atoms with Crippen LogP contribution in [0, 0.1) is 0 Å². The first-order chi connectivity index (χ1) is 33.7. The van der Waals surface area contributed by atoms with Crippen molar-refractivity contribution in [2.45, 2.75) is 0 Å². The van der Waals surface area contributed by atoms with Crippen molar-refractivity contribution in [1.29, 1.82) is 0 Å². The second-order valence-corrected chi connectivity index (χ2v) is 19.4. The van der Waals surface area contributed by atoms with E-state index < -0.39 is 0 Å². The van der Waals surface area contributed by atoms with Crippen molar-refractivity contribution >= 4 is 108 Å². The second kappa shape index (κ2) is 16.9. The van der Waals surface area contributed by atoms with Crippen LogP contribution < -0.4 is 9.80 Å². The van der Waals surface area contributed by atoms with Crippen LogP contribution in [-0.4, -0.2) is 0 Å². The highest BCUT2D eigenvalue weighted by atomic mass is 32.1. The highest BCUT2D eigenvalue weighted by molar-refractivity contribution is 7.26. The van der Waals surface area contributed by atoms with Crippen molar-refractivity contribution in [3.8, 4) is 33.4 Å². The molecule has 0 atom stereocenters. The van der Waals surface area contributed by atoms with Gasteiger partial charge in [-0.15, -0.1) is 22.7 Å². The molecule has 0 fully saturated rings.